The Morgan fingerprint density at radius 1 is 1.10 bits per heavy atom. The molecule has 2 fully saturated rings. The van der Waals surface area contributed by atoms with Crippen molar-refractivity contribution in [3.8, 4) is 5.75 Å². The van der Waals surface area contributed by atoms with Crippen molar-refractivity contribution in [2.24, 2.45) is 29.4 Å². The zero-order valence-electron chi connectivity index (χ0n) is 22.9. The molecule has 0 aromatic heterocycles. The maximum atomic E-state index is 13.8. The van der Waals surface area contributed by atoms with Crippen molar-refractivity contribution in [2.75, 3.05) is 41.3 Å². The van der Waals surface area contributed by atoms with E-state index in [2.05, 4.69) is 10.2 Å². The Hall–Kier alpha value is -2.99. The van der Waals surface area contributed by atoms with Crippen LogP contribution in [0.1, 0.15) is 40.7 Å². The number of fused-ring (bicyclic) bond motifs is 3. The number of phenolic OH excluding ortho intramolecular Hbond substituents is 1. The van der Waals surface area contributed by atoms with Gasteiger partial charge in [-0.05, 0) is 90.1 Å². The second-order valence-corrected chi connectivity index (χ2v) is 11.6. The predicted octanol–water partition coefficient (Wildman–Crippen LogP) is -0.702. The van der Waals surface area contributed by atoms with Crippen molar-refractivity contribution >= 4 is 29.0 Å². The average molecular weight is 543 g/mol. The van der Waals surface area contributed by atoms with Crippen LogP contribution in [0.25, 0.3) is 0 Å². The fourth-order valence-electron chi connectivity index (χ4n) is 6.74. The van der Waals surface area contributed by atoms with Crippen LogP contribution in [0.15, 0.2) is 12.1 Å². The lowest BCUT2D eigenvalue weighted by Gasteiger charge is -2.52. The number of amides is 1. The molecule has 0 spiro atoms. The molecule has 5 N–H and O–H groups in total. The minimum absolute atomic E-state index is 0.0218. The number of Topliss-reactive ketones (excluding diaryl/α,β-unsaturated/α-hetero) is 4. The van der Waals surface area contributed by atoms with E-state index in [9.17, 15) is 34.2 Å². The molecule has 212 valence electrons. The van der Waals surface area contributed by atoms with Crippen molar-refractivity contribution in [3.05, 3.63) is 28.8 Å². The summed E-state index contributed by atoms with van der Waals surface area (Å²) in [5, 5.41) is 25.6. The van der Waals surface area contributed by atoms with Gasteiger partial charge in [0.15, 0.2) is 34.7 Å². The quantitative estimate of drug-likeness (QED) is 0.231. The molecule has 4 rings (SSSR count). The van der Waals surface area contributed by atoms with E-state index in [4.69, 9.17) is 5.73 Å². The highest BCUT2D eigenvalue weighted by Crippen LogP contribution is 2.51. The van der Waals surface area contributed by atoms with E-state index >= 15 is 0 Å². The van der Waals surface area contributed by atoms with Gasteiger partial charge in [-0.25, -0.2) is 0 Å². The SMILES string of the molecule is CN(C)CCCCNCc1ccc(O)c2c1C[C@H]1C[C@H]3[C@H](N(C)C)C(=O)C(C(N)=O)C(=O)[C@@]3(O)C(=O)C1C2=O. The van der Waals surface area contributed by atoms with Gasteiger partial charge in [0.05, 0.1) is 17.5 Å². The number of aromatic hydroxyl groups is 1. The lowest BCUT2D eigenvalue weighted by atomic mass is 9.52. The highest BCUT2D eigenvalue weighted by Gasteiger charge is 2.69. The van der Waals surface area contributed by atoms with Crippen LogP contribution in [0, 0.1) is 23.7 Å². The van der Waals surface area contributed by atoms with Gasteiger partial charge in [0.2, 0.25) is 5.91 Å². The number of nitrogens with one attached hydrogen (secondary N) is 1. The Morgan fingerprint density at radius 3 is 2.41 bits per heavy atom. The van der Waals surface area contributed by atoms with Gasteiger partial charge < -0.3 is 26.2 Å². The average Bonchev–Trinajstić information content (AvgIpc) is 2.84. The minimum Gasteiger partial charge on any atom is -0.507 e. The van der Waals surface area contributed by atoms with Crippen molar-refractivity contribution < 1.29 is 34.2 Å². The zero-order valence-corrected chi connectivity index (χ0v) is 22.9. The van der Waals surface area contributed by atoms with Gasteiger partial charge in [-0.2, -0.15) is 0 Å². The molecule has 2 unspecified atom stereocenters. The highest BCUT2D eigenvalue weighted by molar-refractivity contribution is 6.32. The summed E-state index contributed by atoms with van der Waals surface area (Å²) >= 11 is 0. The maximum Gasteiger partial charge on any atom is 0.235 e. The van der Waals surface area contributed by atoms with Crippen LogP contribution < -0.4 is 11.1 Å². The van der Waals surface area contributed by atoms with Gasteiger partial charge in [0.1, 0.15) is 5.75 Å². The molecule has 0 heterocycles. The van der Waals surface area contributed by atoms with Crippen LogP contribution in [-0.4, -0.2) is 102 Å². The van der Waals surface area contributed by atoms with Crippen molar-refractivity contribution in [1.82, 2.24) is 15.1 Å². The van der Waals surface area contributed by atoms with Crippen LogP contribution >= 0.6 is 0 Å². The Labute approximate surface area is 227 Å². The molecule has 11 nitrogen and oxygen atoms in total. The van der Waals surface area contributed by atoms with Gasteiger partial charge in [0, 0.05) is 12.5 Å². The first-order chi connectivity index (χ1) is 18.3. The summed E-state index contributed by atoms with van der Waals surface area (Å²) in [6.45, 7) is 2.22. The Bertz CT molecular complexity index is 1210. The Balaban J connectivity index is 1.67. The lowest BCUT2D eigenvalue weighted by Crippen LogP contribution is -2.74. The number of hydrogen-bond donors (Lipinski definition) is 4. The number of rotatable bonds is 9. The number of nitrogens with zero attached hydrogens (tertiary/aromatic N) is 2. The van der Waals surface area contributed by atoms with Crippen LogP contribution in [0.4, 0.5) is 0 Å². The largest absolute Gasteiger partial charge is 0.507 e. The van der Waals surface area contributed by atoms with Gasteiger partial charge in [-0.3, -0.25) is 28.9 Å². The van der Waals surface area contributed by atoms with E-state index in [0.717, 1.165) is 31.5 Å². The van der Waals surface area contributed by atoms with Crippen LogP contribution in [0.3, 0.4) is 0 Å². The topological polar surface area (TPSA) is 170 Å². The monoisotopic (exact) mass is 542 g/mol. The van der Waals surface area contributed by atoms with Gasteiger partial charge in [-0.1, -0.05) is 6.07 Å². The number of aliphatic hydroxyl groups is 1. The molecule has 0 radical (unpaired) electrons. The van der Waals surface area contributed by atoms with E-state index in [1.165, 1.54) is 11.0 Å². The van der Waals surface area contributed by atoms with E-state index in [0.29, 0.717) is 12.1 Å². The van der Waals surface area contributed by atoms with Crippen LogP contribution in [0.5, 0.6) is 5.75 Å². The number of unbranched alkanes of at least 4 members (excludes halogenated alkanes) is 1. The minimum atomic E-state index is -2.71. The second-order valence-electron chi connectivity index (χ2n) is 11.6. The fraction of sp³-hybridized carbons (Fsp3) is 0.607. The molecule has 3 aliphatic carbocycles. The van der Waals surface area contributed by atoms with E-state index in [1.54, 1.807) is 20.2 Å². The Morgan fingerprint density at radius 2 is 1.79 bits per heavy atom. The summed E-state index contributed by atoms with van der Waals surface area (Å²) in [5.74, 6) is -10.3. The first kappa shape index (κ1) is 29.0. The maximum absolute atomic E-state index is 13.8. The highest BCUT2D eigenvalue weighted by atomic mass is 16.3. The molecular formula is C28H38N4O7. The number of hydrogen-bond acceptors (Lipinski definition) is 10. The number of carbonyl (C=O) groups is 5. The van der Waals surface area contributed by atoms with Gasteiger partial charge in [-0.15, -0.1) is 0 Å². The van der Waals surface area contributed by atoms with E-state index in [1.807, 2.05) is 14.1 Å². The molecule has 0 aliphatic heterocycles. The standard InChI is InChI=1S/C28H38N4O7/c1-31(2)10-6-5-9-30-13-14-7-8-18(33)20-16(14)11-15-12-17-22(32(3)4)24(35)21(27(29)38)26(37)28(17,39)25(36)19(15)23(20)34/h7-8,15,17,19,21-22,30,33,39H,5-6,9-13H2,1-4H3,(H2,29,38)/t15-,17-,19?,21?,22-,28-/m0/s1. The molecule has 1 aromatic rings. The molecule has 6 atom stereocenters. The lowest BCUT2D eigenvalue weighted by molar-refractivity contribution is -0.181. The third-order valence-corrected chi connectivity index (χ3v) is 8.57. The molecule has 1 aromatic carbocycles. The number of primary amides is 1. The first-order valence-electron chi connectivity index (χ1n) is 13.4. The molecule has 39 heavy (non-hydrogen) atoms. The third-order valence-electron chi connectivity index (χ3n) is 8.57. The van der Waals surface area contributed by atoms with Crippen molar-refractivity contribution in [1.29, 1.82) is 0 Å². The van der Waals surface area contributed by atoms with Crippen LogP contribution in [0.2, 0.25) is 0 Å². The molecule has 0 bridgehead atoms. The summed E-state index contributed by atoms with van der Waals surface area (Å²) in [7, 11) is 7.17. The number of ketones is 4. The van der Waals surface area contributed by atoms with Crippen LogP contribution in [-0.2, 0) is 32.1 Å². The molecule has 3 aliphatic rings. The van der Waals surface area contributed by atoms with E-state index in [-0.39, 0.29) is 24.2 Å². The summed E-state index contributed by atoms with van der Waals surface area (Å²) in [4.78, 5) is 69.7. The molecule has 2 saturated carbocycles. The van der Waals surface area contributed by atoms with Gasteiger partial charge >= 0.3 is 0 Å². The zero-order chi connectivity index (χ0) is 28.8. The number of phenols is 1. The number of nitrogens with two attached hydrogens (primary N) is 1. The summed E-state index contributed by atoms with van der Waals surface area (Å²) in [5.41, 5.74) is 4.11. The number of likely N-dealkylation sites (N-methyl/N-ethyl adjacent to an activating group) is 1. The van der Waals surface area contributed by atoms with E-state index < -0.39 is 64.4 Å². The van der Waals surface area contributed by atoms with Gasteiger partial charge in [0.25, 0.3) is 0 Å². The third kappa shape index (κ3) is 4.82. The van der Waals surface area contributed by atoms with Crippen molar-refractivity contribution in [2.45, 2.75) is 43.9 Å². The summed E-state index contributed by atoms with van der Waals surface area (Å²) < 4.78 is 0. The molecule has 0 saturated heterocycles. The number of carbonyl (C=O) groups excluding carboxylic acids is 5. The molecular weight excluding hydrogens is 504 g/mol. The normalized spacial score (nSPS) is 30.4. The number of benzene rings is 1. The molecule has 11 heteroatoms. The molecule has 1 amide bonds. The van der Waals surface area contributed by atoms with Crippen molar-refractivity contribution in [3.63, 3.8) is 0 Å². The summed E-state index contributed by atoms with van der Waals surface area (Å²) in [6.07, 6.45) is 2.30. The second kappa shape index (κ2) is 10.9. The summed E-state index contributed by atoms with van der Waals surface area (Å²) in [6, 6.07) is 2.06. The fourth-order valence-corrected chi connectivity index (χ4v) is 6.74. The first-order valence-corrected chi connectivity index (χ1v) is 13.4. The smallest absolute Gasteiger partial charge is 0.235 e. The Kier molecular flexibility index (Phi) is 8.09. The predicted molar refractivity (Wildman–Crippen MR) is 141 cm³/mol.